The number of aromatic nitrogens is 2. The van der Waals surface area contributed by atoms with Gasteiger partial charge in [-0.3, -0.25) is 53.1 Å². The maximum atomic E-state index is 16.3. The molecule has 7 aliphatic heterocycles. The van der Waals surface area contributed by atoms with Crippen molar-refractivity contribution >= 4 is 99.9 Å². The van der Waals surface area contributed by atoms with E-state index in [1.807, 2.05) is 13.8 Å². The number of phenols is 3. The van der Waals surface area contributed by atoms with Crippen LogP contribution in [0.1, 0.15) is 111 Å². The summed E-state index contributed by atoms with van der Waals surface area (Å²) < 4.78 is 40.7. The number of ether oxygens (including phenoxy) is 6. The number of carbonyl (C=O) groups excluding carboxylic acids is 9. The Balaban J connectivity index is 0.998. The number of hydrazine groups is 1. The van der Waals surface area contributed by atoms with Crippen LogP contribution in [0.2, 0.25) is 15.1 Å². The van der Waals surface area contributed by atoms with Crippen molar-refractivity contribution in [2.75, 3.05) is 39.6 Å². The summed E-state index contributed by atoms with van der Waals surface area (Å²) in [6.45, 7) is 5.63. The number of nitrogens with one attached hydrogen (secondary N) is 10. The fourth-order valence-electron chi connectivity index (χ4n) is 15.0. The molecule has 9 amide bonds. The molecule has 666 valence electrons. The normalized spacial score (nSPS) is 26.0. The van der Waals surface area contributed by atoms with E-state index in [-0.39, 0.29) is 70.7 Å². The van der Waals surface area contributed by atoms with Crippen molar-refractivity contribution in [2.45, 2.75) is 163 Å². The Hall–Kier alpha value is -11.6. The molecule has 2 fully saturated rings. The number of benzene rings is 6. The third-order valence-corrected chi connectivity index (χ3v) is 22.2. The van der Waals surface area contributed by atoms with Crippen LogP contribution in [0.5, 0.6) is 46.0 Å². The van der Waals surface area contributed by atoms with Crippen molar-refractivity contribution in [1.82, 2.24) is 62.5 Å². The number of primary amides is 1. The molecule has 0 saturated carbocycles. The molecule has 21 N–H and O–H groups in total. The number of aliphatic hydroxyl groups excluding tert-OH is 6. The van der Waals surface area contributed by atoms with Gasteiger partial charge in [0.05, 0.1) is 41.3 Å². The van der Waals surface area contributed by atoms with Gasteiger partial charge in [0.1, 0.15) is 101 Å². The van der Waals surface area contributed by atoms with E-state index in [1.54, 1.807) is 31.2 Å². The number of aromatic hydroxyl groups is 3. The summed E-state index contributed by atoms with van der Waals surface area (Å²) in [5.41, 5.74) is 4.31. The maximum Gasteiger partial charge on any atom is 0.349 e. The summed E-state index contributed by atoms with van der Waals surface area (Å²) in [5, 5.41) is 131. The van der Waals surface area contributed by atoms with Crippen LogP contribution >= 0.6 is 34.8 Å². The number of hydrogen-bond acceptors (Lipinski definition) is 29. The quantitative estimate of drug-likeness (QED) is 0.0360. The number of carbonyl (C=O) groups is 9. The van der Waals surface area contributed by atoms with E-state index >= 15 is 24.0 Å². The predicted molar refractivity (Wildman–Crippen MR) is 445 cm³/mol. The highest BCUT2D eigenvalue weighted by atomic mass is 35.5. The van der Waals surface area contributed by atoms with Crippen LogP contribution in [-0.4, -0.2) is 227 Å². The van der Waals surface area contributed by atoms with Crippen molar-refractivity contribution in [3.63, 3.8) is 0 Å². The molecule has 18 unspecified atom stereocenters. The van der Waals surface area contributed by atoms with E-state index < -0.39 is 243 Å². The standard InChI is InChI=1S/C83H93Cl3N14O25/c1-35(2)24-48(88-5)74(112)96-65-67(107)39-12-17-52(46(85)26-39)121-54-28-41-29-55(71(54)125-81-72(70(110)69(109)56(34-101)123-81)124-60-33-83(4,73(111)36(3)120-60)89-21-23-100-22-20-58(92-82(100)119)91-59(106)19-10-37-8-14-42(84)15-9-37)122-53-18-13-40(27-47(53)86)68(108)66-79(117)95-64(80(118)98-99(6)7)45-30-43(102)31-51(104)61(45)44-25-38(11-16-50(44)103)62(76(114)97-66)94-77(115)63(41)93-75(113)49(32-57(87)105)90-78(65)116/h8-20,22,25-31,35-36,48-49,56,60,62-70,72-73,81,88-89,101-104,107-111H,21,23-24,32-34H2,1-7H3,(H2,87,105)(H,90,116)(H,93,113)(H,94,115)(H,95,117)(H,96,112)(H,97,114)(H,98,118)(H,91,92,106,119). The molecule has 42 heteroatoms. The summed E-state index contributed by atoms with van der Waals surface area (Å²) >= 11 is 20.4. The minimum Gasteiger partial charge on any atom is -0.508 e. The maximum absolute atomic E-state index is 16.3. The molecule has 11 bridgehead atoms. The largest absolute Gasteiger partial charge is 0.508 e. The predicted octanol–water partition coefficient (Wildman–Crippen LogP) is 1.81. The van der Waals surface area contributed by atoms with Gasteiger partial charge in [0.2, 0.25) is 59.3 Å². The Morgan fingerprint density at radius 1 is 0.728 bits per heavy atom. The van der Waals surface area contributed by atoms with Gasteiger partial charge in [0.25, 0.3) is 5.91 Å². The second-order valence-corrected chi connectivity index (χ2v) is 32.5. The fourth-order valence-corrected chi connectivity index (χ4v) is 15.6. The zero-order valence-electron chi connectivity index (χ0n) is 67.9. The summed E-state index contributed by atoms with van der Waals surface area (Å²) in [5.74, 6) is -15.8. The summed E-state index contributed by atoms with van der Waals surface area (Å²) in [6.07, 6.45) is -15.3. The highest BCUT2D eigenvalue weighted by Gasteiger charge is 2.52. The number of anilines is 1. The second kappa shape index (κ2) is 39.3. The van der Waals surface area contributed by atoms with E-state index in [2.05, 4.69) is 58.3 Å². The third kappa shape index (κ3) is 21.3. The van der Waals surface area contributed by atoms with Crippen molar-refractivity contribution in [2.24, 2.45) is 11.7 Å². The first-order valence-electron chi connectivity index (χ1n) is 39.3. The molecule has 6 aromatic carbocycles. The zero-order chi connectivity index (χ0) is 90.5. The average Bonchev–Trinajstić information content (AvgIpc) is 0.766. The van der Waals surface area contributed by atoms with Crippen LogP contribution in [0.25, 0.3) is 17.2 Å². The minimum absolute atomic E-state index is 0.0314. The van der Waals surface area contributed by atoms with Crippen LogP contribution in [0.3, 0.4) is 0 Å². The number of nitrogens with two attached hydrogens (primary N) is 1. The Kier molecular flexibility index (Phi) is 29.1. The van der Waals surface area contributed by atoms with E-state index in [1.165, 1.54) is 80.3 Å². The van der Waals surface area contributed by atoms with Gasteiger partial charge < -0.3 is 128 Å². The van der Waals surface area contributed by atoms with Crippen LogP contribution in [0.4, 0.5) is 5.82 Å². The summed E-state index contributed by atoms with van der Waals surface area (Å²) in [6, 6.07) is 7.98. The van der Waals surface area contributed by atoms with Gasteiger partial charge in [-0.15, -0.1) is 0 Å². The smallest absolute Gasteiger partial charge is 0.349 e. The van der Waals surface area contributed by atoms with Crippen molar-refractivity contribution in [1.29, 1.82) is 0 Å². The molecule has 1 aromatic heterocycles. The number of amides is 9. The number of rotatable bonds is 21. The lowest BCUT2D eigenvalue weighted by Gasteiger charge is -2.48. The number of nitrogens with zero attached hydrogens (tertiary/aromatic N) is 3. The Morgan fingerprint density at radius 2 is 1.37 bits per heavy atom. The molecule has 7 aliphatic rings. The number of phenolic OH excluding ortho intramolecular Hbond substituents is 3. The lowest BCUT2D eigenvalue weighted by Crippen LogP contribution is -2.65. The van der Waals surface area contributed by atoms with Gasteiger partial charge in [-0.05, 0) is 145 Å². The van der Waals surface area contributed by atoms with Gasteiger partial charge in [0.15, 0.2) is 23.9 Å². The number of fused-ring (bicyclic) bond motifs is 15. The van der Waals surface area contributed by atoms with Crippen LogP contribution in [0, 0.1) is 5.92 Å². The molecular formula is C83H93Cl3N14O25. The number of hydrogen-bond donors (Lipinski definition) is 20. The number of halogens is 3. The van der Waals surface area contributed by atoms with Crippen molar-refractivity contribution in [3.8, 4) is 57.1 Å². The van der Waals surface area contributed by atoms with Crippen LogP contribution < -0.4 is 78.9 Å². The molecule has 7 aromatic rings. The van der Waals surface area contributed by atoms with Gasteiger partial charge in [0, 0.05) is 73.6 Å². The summed E-state index contributed by atoms with van der Waals surface area (Å²) in [4.78, 5) is 150. The minimum atomic E-state index is -2.38. The summed E-state index contributed by atoms with van der Waals surface area (Å²) in [7, 11) is 4.29. The molecular weight excluding hydrogens is 1700 g/mol. The van der Waals surface area contributed by atoms with Gasteiger partial charge >= 0.3 is 5.69 Å². The van der Waals surface area contributed by atoms with Crippen LogP contribution in [0.15, 0.2) is 126 Å². The van der Waals surface area contributed by atoms with E-state index in [0.29, 0.717) is 10.6 Å². The first kappa shape index (κ1) is 92.5. The molecule has 14 rings (SSSR count). The lowest BCUT2D eigenvalue weighted by molar-refractivity contribution is -0.334. The van der Waals surface area contributed by atoms with Gasteiger partial charge in [-0.1, -0.05) is 79.0 Å². The van der Waals surface area contributed by atoms with Crippen molar-refractivity contribution < 1.29 is 118 Å². The van der Waals surface area contributed by atoms with Crippen molar-refractivity contribution in [3.05, 3.63) is 180 Å². The highest BCUT2D eigenvalue weighted by molar-refractivity contribution is 6.32. The van der Waals surface area contributed by atoms with E-state index in [9.17, 15) is 69.9 Å². The average molecular weight is 1790 g/mol. The second-order valence-electron chi connectivity index (χ2n) is 31.2. The third-order valence-electron chi connectivity index (χ3n) is 21.4. The Bertz CT molecular complexity index is 5380. The topological polar surface area (TPSA) is 576 Å². The van der Waals surface area contributed by atoms with Gasteiger partial charge in [-0.25, -0.2) is 9.80 Å². The highest BCUT2D eigenvalue weighted by Crippen LogP contribution is 2.50. The zero-order valence-corrected chi connectivity index (χ0v) is 70.1. The molecule has 2 saturated heterocycles. The Morgan fingerprint density at radius 3 is 1.99 bits per heavy atom. The monoisotopic (exact) mass is 1790 g/mol. The SMILES string of the molecule is CNC(CC(C)C)C(=O)NC1C(=O)NC(CC(N)=O)C(=O)NC2C(=O)NC3C(=O)NC(C(=O)NC(C(=O)NN(C)C)c4cc(O)cc(O)c4-c4cc3ccc4O)C(O)c3ccc(c(Cl)c3)Oc3cc2cc(c3OC2OC(CO)C(O)C(O)C2OC2CC(C)(NCCn3ccc(NC(=O)C=Cc4ccc(Cl)cc4)nc3=O)C(O)C(C)O2)Oc2ccc(cc2Cl)C1O. The molecule has 0 spiro atoms. The first-order chi connectivity index (χ1) is 59.3. The molecule has 0 radical (unpaired) electrons. The lowest BCUT2D eigenvalue weighted by atomic mass is 9.85. The molecule has 8 heterocycles. The molecule has 0 aliphatic carbocycles. The molecule has 18 atom stereocenters. The molecule has 125 heavy (non-hydrogen) atoms. The van der Waals surface area contributed by atoms with Crippen LogP contribution in [-0.2, 0) is 63.9 Å². The number of aliphatic hydroxyl groups is 6. The fraction of sp³-hybridized carbons (Fsp3) is 0.386. The van der Waals surface area contributed by atoms with E-state index in [4.69, 9.17) is 69.0 Å². The van der Waals surface area contributed by atoms with Gasteiger partial charge in [-0.2, -0.15) is 4.98 Å². The molecule has 39 nitrogen and oxygen atoms in total. The van der Waals surface area contributed by atoms with E-state index in [0.717, 1.165) is 60.7 Å². The number of likely N-dealkylation sites (N-methyl/N-ethyl adjacent to an activating group) is 1. The Labute approximate surface area is 727 Å². The first-order valence-corrected chi connectivity index (χ1v) is 40.4.